The molecule has 6 nitrogen and oxygen atoms in total. The van der Waals surface area contributed by atoms with E-state index in [1.54, 1.807) is 26.0 Å². The van der Waals surface area contributed by atoms with E-state index in [1.165, 1.54) is 23.8 Å². The maximum atomic E-state index is 12.8. The Morgan fingerprint density at radius 3 is 2.41 bits per heavy atom. The molecule has 0 radical (unpaired) electrons. The van der Waals surface area contributed by atoms with Crippen molar-refractivity contribution >= 4 is 5.69 Å². The number of hydrogen-bond acceptors (Lipinski definition) is 6. The van der Waals surface area contributed by atoms with Crippen LogP contribution in [0.3, 0.4) is 0 Å². The van der Waals surface area contributed by atoms with E-state index in [0.29, 0.717) is 35.1 Å². The predicted molar refractivity (Wildman–Crippen MR) is 130 cm³/mol. The maximum absolute atomic E-state index is 12.8. The van der Waals surface area contributed by atoms with Gasteiger partial charge < -0.3 is 13.9 Å². The molecule has 178 valence electrons. The normalized spacial score (nSPS) is 32.0. The molecule has 5 atom stereocenters. The molecule has 2 aromatic rings. The number of nitrogens with zero attached hydrogens (tertiary/aromatic N) is 1. The molecular weight excluding hydrogens is 430 g/mol. The van der Waals surface area contributed by atoms with E-state index in [-0.39, 0.29) is 34.2 Å². The summed E-state index contributed by atoms with van der Waals surface area (Å²) < 4.78 is 17.8. The third kappa shape index (κ3) is 3.01. The molecule has 6 heteroatoms. The summed E-state index contributed by atoms with van der Waals surface area (Å²) in [6, 6.07) is 7.62. The Morgan fingerprint density at radius 1 is 1.06 bits per heavy atom. The fraction of sp³-hybridized carbons (Fsp3) is 0.464. The number of benzene rings is 1. The van der Waals surface area contributed by atoms with Crippen LogP contribution in [-0.4, -0.2) is 13.7 Å². The first-order chi connectivity index (χ1) is 16.2. The number of hydrogen-bond donors (Lipinski definition) is 0. The van der Waals surface area contributed by atoms with Gasteiger partial charge in [0.2, 0.25) is 0 Å². The summed E-state index contributed by atoms with van der Waals surface area (Å²) in [4.78, 5) is 23.8. The van der Waals surface area contributed by atoms with Gasteiger partial charge in [0.25, 0.3) is 5.95 Å². The molecule has 0 N–H and O–H groups in total. The summed E-state index contributed by atoms with van der Waals surface area (Å²) in [5.74, 6) is 1.30. The molecule has 3 aliphatic rings. The molecule has 0 amide bonds. The van der Waals surface area contributed by atoms with Crippen molar-refractivity contribution in [2.24, 2.45) is 21.9 Å². The third-order valence-electron chi connectivity index (χ3n) is 8.33. The van der Waals surface area contributed by atoms with Crippen LogP contribution >= 0.6 is 0 Å². The highest BCUT2D eigenvalue weighted by Crippen LogP contribution is 2.76. The Balaban J connectivity index is 1.60. The Kier molecular flexibility index (Phi) is 5.21. The molecule has 1 saturated carbocycles. The van der Waals surface area contributed by atoms with E-state index < -0.39 is 0 Å². The maximum Gasteiger partial charge on any atom is 0.291 e. The lowest BCUT2D eigenvalue weighted by molar-refractivity contribution is -0.101. The van der Waals surface area contributed by atoms with Gasteiger partial charge in [0.05, 0.1) is 19.3 Å². The van der Waals surface area contributed by atoms with Crippen LogP contribution in [-0.2, 0) is 4.74 Å². The van der Waals surface area contributed by atoms with Crippen molar-refractivity contribution in [1.29, 1.82) is 0 Å². The first-order valence-corrected chi connectivity index (χ1v) is 11.8. The number of ether oxygens (including phenoxy) is 2. The minimum atomic E-state index is -0.329. The zero-order chi connectivity index (χ0) is 24.4. The smallest absolute Gasteiger partial charge is 0.291 e. The zero-order valence-corrected chi connectivity index (χ0v) is 20.6. The average molecular weight is 462 g/mol. The SMILES string of the molecule is COc1oc([C@H]2C[C@@]3(CO2)[C@H](c2ccc(N=O)cc2)[C@]2(C)C=C(C)C=C(C)[C@@H]23)c(C)c(=O)c1C. The highest BCUT2D eigenvalue weighted by Gasteiger charge is 2.71. The van der Waals surface area contributed by atoms with Crippen molar-refractivity contribution in [2.75, 3.05) is 13.7 Å². The van der Waals surface area contributed by atoms with Crippen molar-refractivity contribution in [3.05, 3.63) is 85.1 Å². The van der Waals surface area contributed by atoms with Gasteiger partial charge in [-0.3, -0.25) is 4.79 Å². The molecule has 5 rings (SSSR count). The second-order valence-corrected chi connectivity index (χ2v) is 10.5. The van der Waals surface area contributed by atoms with Crippen LogP contribution in [0.5, 0.6) is 5.95 Å². The van der Waals surface area contributed by atoms with Crippen LogP contribution in [0.2, 0.25) is 0 Å². The molecule has 34 heavy (non-hydrogen) atoms. The van der Waals surface area contributed by atoms with E-state index in [0.717, 1.165) is 6.42 Å². The summed E-state index contributed by atoms with van der Waals surface area (Å²) in [6.45, 7) is 10.8. The van der Waals surface area contributed by atoms with Crippen LogP contribution in [0.1, 0.15) is 61.7 Å². The lowest BCUT2D eigenvalue weighted by atomic mass is 9.35. The molecule has 2 fully saturated rings. The topological polar surface area (TPSA) is 78.1 Å². The monoisotopic (exact) mass is 461 g/mol. The second-order valence-electron chi connectivity index (χ2n) is 10.5. The van der Waals surface area contributed by atoms with Crippen LogP contribution in [0.25, 0.3) is 0 Å². The molecule has 0 bridgehead atoms. The summed E-state index contributed by atoms with van der Waals surface area (Å²) in [6.07, 6.45) is 5.07. The second kappa shape index (κ2) is 7.77. The van der Waals surface area contributed by atoms with Gasteiger partial charge in [-0.15, -0.1) is 4.91 Å². The Morgan fingerprint density at radius 2 is 1.76 bits per heavy atom. The van der Waals surface area contributed by atoms with Gasteiger partial charge in [0, 0.05) is 22.3 Å². The fourth-order valence-electron chi connectivity index (χ4n) is 7.51. The molecule has 2 heterocycles. The van der Waals surface area contributed by atoms with E-state index in [9.17, 15) is 9.70 Å². The van der Waals surface area contributed by atoms with Gasteiger partial charge in [-0.25, -0.2) is 0 Å². The molecule has 1 spiro atoms. The van der Waals surface area contributed by atoms with Gasteiger partial charge in [-0.1, -0.05) is 42.4 Å². The number of methoxy groups -OCH3 is 1. The van der Waals surface area contributed by atoms with Gasteiger partial charge in [0.15, 0.2) is 5.43 Å². The molecule has 2 aliphatic carbocycles. The summed E-state index contributed by atoms with van der Waals surface area (Å²) >= 11 is 0. The van der Waals surface area contributed by atoms with E-state index in [1.807, 2.05) is 12.1 Å². The first kappa shape index (κ1) is 22.8. The van der Waals surface area contributed by atoms with E-state index in [4.69, 9.17) is 13.9 Å². The minimum Gasteiger partial charge on any atom is -0.468 e. The number of rotatable bonds is 4. The third-order valence-corrected chi connectivity index (χ3v) is 8.33. The minimum absolute atomic E-state index is 0.0677. The first-order valence-electron chi connectivity index (χ1n) is 11.8. The van der Waals surface area contributed by atoms with Crippen molar-refractivity contribution in [3.8, 4) is 5.95 Å². The quantitative estimate of drug-likeness (QED) is 0.490. The molecule has 1 saturated heterocycles. The lowest BCUT2D eigenvalue weighted by Gasteiger charge is -2.67. The fourth-order valence-corrected chi connectivity index (χ4v) is 7.51. The highest BCUT2D eigenvalue weighted by molar-refractivity contribution is 5.49. The van der Waals surface area contributed by atoms with Crippen LogP contribution in [0.4, 0.5) is 5.69 Å². The van der Waals surface area contributed by atoms with Crippen LogP contribution in [0.15, 0.2) is 62.0 Å². The van der Waals surface area contributed by atoms with E-state index in [2.05, 4.69) is 38.1 Å². The standard InChI is InChI=1S/C28H31NO5/c1-15-11-16(2)24-27(5,12-15)25(19-7-9-20(29-31)10-8-19)28(24)13-21(33-14-28)23-17(3)22(30)18(4)26(32-6)34-23/h7-12,21,24-25H,13-14H2,1-6H3/t21-,24+,25-,27-,28+/m1/s1. The van der Waals surface area contributed by atoms with Crippen LogP contribution < -0.4 is 10.2 Å². The lowest BCUT2D eigenvalue weighted by Crippen LogP contribution is -2.62. The highest BCUT2D eigenvalue weighted by atomic mass is 16.6. The van der Waals surface area contributed by atoms with Gasteiger partial charge in [0.1, 0.15) is 17.6 Å². The predicted octanol–water partition coefficient (Wildman–Crippen LogP) is 6.44. The Labute approximate surface area is 199 Å². The Bertz CT molecular complexity index is 1290. The van der Waals surface area contributed by atoms with Crippen molar-refractivity contribution in [2.45, 2.75) is 53.1 Å². The van der Waals surface area contributed by atoms with Gasteiger partial charge >= 0.3 is 0 Å². The number of nitroso groups, excluding NO2 is 1. The number of fused-ring (bicyclic) bond motifs is 2. The molecule has 1 aromatic heterocycles. The van der Waals surface area contributed by atoms with E-state index >= 15 is 0 Å². The van der Waals surface area contributed by atoms with Crippen molar-refractivity contribution in [1.82, 2.24) is 0 Å². The van der Waals surface area contributed by atoms with Crippen molar-refractivity contribution in [3.63, 3.8) is 0 Å². The zero-order valence-electron chi connectivity index (χ0n) is 20.6. The van der Waals surface area contributed by atoms with Crippen molar-refractivity contribution < 1.29 is 13.9 Å². The van der Waals surface area contributed by atoms with Gasteiger partial charge in [-0.05, 0) is 62.9 Å². The van der Waals surface area contributed by atoms with Gasteiger partial charge in [-0.2, -0.15) is 0 Å². The van der Waals surface area contributed by atoms with Crippen LogP contribution in [0, 0.1) is 35.5 Å². The summed E-state index contributed by atoms with van der Waals surface area (Å²) in [5.41, 5.74) is 4.98. The molecule has 1 aromatic carbocycles. The summed E-state index contributed by atoms with van der Waals surface area (Å²) in [5, 5.41) is 3.07. The molecular formula is C28H31NO5. The number of allylic oxidation sites excluding steroid dienone is 4. The molecule has 0 unspecified atom stereocenters. The Hall–Kier alpha value is -2.99. The molecule has 1 aliphatic heterocycles. The average Bonchev–Trinajstić information content (AvgIpc) is 3.23. The largest absolute Gasteiger partial charge is 0.468 e. The summed E-state index contributed by atoms with van der Waals surface area (Å²) in [7, 11) is 1.51.